The molecule has 4 rings (SSSR count). The van der Waals surface area contributed by atoms with E-state index in [4.69, 9.17) is 9.47 Å². The molecule has 13 nitrogen and oxygen atoms in total. The first-order chi connectivity index (χ1) is 21.8. The van der Waals surface area contributed by atoms with Crippen LogP contribution in [-0.2, 0) is 30.3 Å². The number of aliphatic carboxylic acids is 1. The van der Waals surface area contributed by atoms with E-state index in [0.717, 1.165) is 24.3 Å². The molecule has 0 saturated heterocycles. The van der Waals surface area contributed by atoms with Crippen LogP contribution in [0.15, 0.2) is 78.9 Å². The maximum atomic E-state index is 13.2. The highest BCUT2D eigenvalue weighted by Gasteiger charge is 2.66. The first kappa shape index (κ1) is 33.5. The second-order valence-electron chi connectivity index (χ2n) is 10.8. The minimum Gasteiger partial charge on any atom is -0.504 e. The molecule has 0 aliphatic heterocycles. The summed E-state index contributed by atoms with van der Waals surface area (Å²) in [5.74, 6) is -7.40. The third kappa shape index (κ3) is 7.12. The van der Waals surface area contributed by atoms with Crippen molar-refractivity contribution in [1.82, 2.24) is 0 Å². The van der Waals surface area contributed by atoms with Crippen LogP contribution in [0.3, 0.4) is 0 Å². The van der Waals surface area contributed by atoms with Crippen LogP contribution >= 0.6 is 0 Å². The fourth-order valence-electron chi connectivity index (χ4n) is 5.33. The third-order valence-corrected chi connectivity index (χ3v) is 7.80. The molecule has 5 atom stereocenters. The Morgan fingerprint density at radius 2 is 1.35 bits per heavy atom. The van der Waals surface area contributed by atoms with E-state index < -0.39 is 83.3 Å². The number of hydrogen-bond acceptors (Lipinski definition) is 12. The molecule has 0 radical (unpaired) electrons. The highest BCUT2D eigenvalue weighted by atomic mass is 16.6. The van der Waals surface area contributed by atoms with Crippen LogP contribution in [0.25, 0.3) is 12.2 Å². The molecular formula is C33H32O13. The average molecular weight is 637 g/mol. The third-order valence-electron chi connectivity index (χ3n) is 7.80. The molecule has 13 heteroatoms. The summed E-state index contributed by atoms with van der Waals surface area (Å²) in [5, 5.41) is 82.0. The van der Waals surface area contributed by atoms with Crippen LogP contribution in [0.2, 0.25) is 0 Å². The van der Waals surface area contributed by atoms with Gasteiger partial charge < -0.3 is 50.3 Å². The number of carbonyl (C=O) groups is 3. The molecule has 3 aromatic rings. The summed E-state index contributed by atoms with van der Waals surface area (Å²) in [6.07, 6.45) is -1.04. The number of esters is 2. The fourth-order valence-corrected chi connectivity index (χ4v) is 5.33. The molecule has 0 aromatic heterocycles. The second kappa shape index (κ2) is 13.7. The van der Waals surface area contributed by atoms with E-state index in [1.807, 2.05) is 0 Å². The molecule has 1 aliphatic rings. The van der Waals surface area contributed by atoms with E-state index in [0.29, 0.717) is 5.56 Å². The van der Waals surface area contributed by atoms with Crippen molar-refractivity contribution < 1.29 is 64.7 Å². The van der Waals surface area contributed by atoms with E-state index in [2.05, 4.69) is 0 Å². The predicted octanol–water partition coefficient (Wildman–Crippen LogP) is 1.86. The minimum atomic E-state index is -2.73. The number of carboxylic acids is 1. The van der Waals surface area contributed by atoms with Crippen molar-refractivity contribution >= 4 is 30.1 Å². The summed E-state index contributed by atoms with van der Waals surface area (Å²) in [6, 6.07) is 15.6. The summed E-state index contributed by atoms with van der Waals surface area (Å²) in [5.41, 5.74) is -4.20. The van der Waals surface area contributed by atoms with Gasteiger partial charge in [-0.05, 0) is 59.5 Å². The van der Waals surface area contributed by atoms with E-state index in [1.54, 1.807) is 30.3 Å². The largest absolute Gasteiger partial charge is 0.504 e. The fraction of sp³-hybridized carbons (Fsp3) is 0.242. The Bertz CT molecular complexity index is 1650. The van der Waals surface area contributed by atoms with Crippen LogP contribution in [0, 0.1) is 5.92 Å². The van der Waals surface area contributed by atoms with Gasteiger partial charge >= 0.3 is 17.9 Å². The van der Waals surface area contributed by atoms with Crippen molar-refractivity contribution in [3.8, 4) is 23.0 Å². The zero-order valence-electron chi connectivity index (χ0n) is 24.1. The molecule has 0 spiro atoms. The molecule has 0 heterocycles. The van der Waals surface area contributed by atoms with Crippen LogP contribution in [0.1, 0.15) is 23.1 Å². The number of ether oxygens (including phenoxy) is 2. The van der Waals surface area contributed by atoms with Crippen LogP contribution in [0.5, 0.6) is 23.0 Å². The molecule has 8 N–H and O–H groups in total. The summed E-state index contributed by atoms with van der Waals surface area (Å²) in [4.78, 5) is 38.7. The van der Waals surface area contributed by atoms with Gasteiger partial charge in [-0.1, -0.05) is 42.5 Å². The molecule has 1 aliphatic carbocycles. The lowest BCUT2D eigenvalue weighted by Gasteiger charge is -2.52. The van der Waals surface area contributed by atoms with Gasteiger partial charge in [-0.3, -0.25) is 0 Å². The number of hydrogen-bond donors (Lipinski definition) is 8. The number of aromatic hydroxyl groups is 4. The zero-order valence-corrected chi connectivity index (χ0v) is 24.1. The van der Waals surface area contributed by atoms with Gasteiger partial charge in [-0.25, -0.2) is 14.4 Å². The normalized spacial score (nSPS) is 24.5. The van der Waals surface area contributed by atoms with E-state index >= 15 is 0 Å². The summed E-state index contributed by atoms with van der Waals surface area (Å²) in [7, 11) is 0. The second-order valence-corrected chi connectivity index (χ2v) is 10.8. The maximum absolute atomic E-state index is 13.2. The molecule has 1 fully saturated rings. The molecule has 1 saturated carbocycles. The lowest BCUT2D eigenvalue weighted by atomic mass is 9.63. The van der Waals surface area contributed by atoms with Gasteiger partial charge in [0.1, 0.15) is 6.10 Å². The van der Waals surface area contributed by atoms with Crippen LogP contribution in [-0.4, -0.2) is 88.8 Å². The average Bonchev–Trinajstić information content (AvgIpc) is 3.02. The zero-order chi connectivity index (χ0) is 33.6. The molecule has 0 unspecified atom stereocenters. The van der Waals surface area contributed by atoms with Gasteiger partial charge in [0, 0.05) is 24.5 Å². The Morgan fingerprint density at radius 1 is 0.804 bits per heavy atom. The highest BCUT2D eigenvalue weighted by Crippen LogP contribution is 2.45. The Labute approximate surface area is 262 Å². The van der Waals surface area contributed by atoms with E-state index in [9.17, 15) is 55.2 Å². The summed E-state index contributed by atoms with van der Waals surface area (Å²) >= 11 is 0. The molecule has 46 heavy (non-hydrogen) atoms. The molecule has 242 valence electrons. The Hall–Kier alpha value is -5.37. The van der Waals surface area contributed by atoms with Gasteiger partial charge in [-0.2, -0.15) is 0 Å². The topological polar surface area (TPSA) is 232 Å². The number of phenols is 4. The molecule has 0 amide bonds. The Kier molecular flexibility index (Phi) is 10.0. The van der Waals surface area contributed by atoms with Gasteiger partial charge in [0.2, 0.25) is 0 Å². The van der Waals surface area contributed by atoms with E-state index in [1.165, 1.54) is 36.4 Å². The number of carboxylic acid groups (broad SMARTS) is 1. The van der Waals surface area contributed by atoms with Crippen molar-refractivity contribution in [3.63, 3.8) is 0 Å². The number of rotatable bonds is 10. The van der Waals surface area contributed by atoms with Crippen LogP contribution < -0.4 is 0 Å². The first-order valence-electron chi connectivity index (χ1n) is 13.9. The number of aliphatic hydroxyl groups excluding tert-OH is 2. The standard InChI is InChI=1S/C33H32O13/c34-18-33(46-29(41)13-9-21-7-11-24(36)26(38)16-21)27(39)17-32(44,31(42)43)22(14-19-4-2-1-3-5-19)30(33)45-28(40)12-8-20-6-10-23(35)25(37)15-20/h1-13,15-16,22,27,30,34-39,44H,14,17-18H2,(H,42,43)/t22-,27+,30+,32+,33-/m0/s1. The monoisotopic (exact) mass is 636 g/mol. The quantitative estimate of drug-likeness (QED) is 0.0903. The van der Waals surface area contributed by atoms with Crippen molar-refractivity contribution in [1.29, 1.82) is 0 Å². The van der Waals surface area contributed by atoms with Crippen molar-refractivity contribution in [2.45, 2.75) is 36.3 Å². The minimum absolute atomic E-state index is 0.254. The lowest BCUT2D eigenvalue weighted by molar-refractivity contribution is -0.266. The Balaban J connectivity index is 1.75. The predicted molar refractivity (Wildman–Crippen MR) is 160 cm³/mol. The van der Waals surface area contributed by atoms with Gasteiger partial charge in [0.25, 0.3) is 0 Å². The smallest absolute Gasteiger partial charge is 0.336 e. The van der Waals surface area contributed by atoms with Crippen molar-refractivity contribution in [2.75, 3.05) is 6.61 Å². The van der Waals surface area contributed by atoms with E-state index in [-0.39, 0.29) is 17.5 Å². The number of carbonyl (C=O) groups excluding carboxylic acids is 2. The van der Waals surface area contributed by atoms with Gasteiger partial charge in [0.15, 0.2) is 40.3 Å². The van der Waals surface area contributed by atoms with Gasteiger partial charge in [0.05, 0.1) is 6.61 Å². The summed E-state index contributed by atoms with van der Waals surface area (Å²) in [6.45, 7) is -1.16. The number of phenolic OH excluding ortho intramolecular Hbond substituents is 4. The Morgan fingerprint density at radius 3 is 1.85 bits per heavy atom. The number of benzene rings is 3. The lowest BCUT2D eigenvalue weighted by Crippen LogP contribution is -2.72. The van der Waals surface area contributed by atoms with Crippen molar-refractivity contribution in [2.24, 2.45) is 5.92 Å². The summed E-state index contributed by atoms with van der Waals surface area (Å²) < 4.78 is 11.2. The molecule has 0 bridgehead atoms. The maximum Gasteiger partial charge on any atom is 0.336 e. The first-order valence-corrected chi connectivity index (χ1v) is 13.9. The number of aliphatic hydroxyl groups is 3. The van der Waals surface area contributed by atoms with Gasteiger partial charge in [-0.15, -0.1) is 0 Å². The van der Waals surface area contributed by atoms with Crippen molar-refractivity contribution in [3.05, 3.63) is 95.6 Å². The van der Waals surface area contributed by atoms with Crippen LogP contribution in [0.4, 0.5) is 0 Å². The highest BCUT2D eigenvalue weighted by molar-refractivity contribution is 5.89. The molecular weight excluding hydrogens is 604 g/mol. The SMILES string of the molecule is O=C(C=Cc1ccc(O)c(O)c1)O[C@@H]1[C@H](Cc2ccccc2)[C@@](O)(C(=O)O)C[C@@H](O)[C@]1(CO)OC(=O)C=Cc1ccc(O)c(O)c1. The molecule has 3 aromatic carbocycles.